The average molecular weight is 242 g/mol. The molecule has 0 atom stereocenters. The summed E-state index contributed by atoms with van der Waals surface area (Å²) in [6.45, 7) is 3.10. The number of para-hydroxylation sites is 1. The maximum Gasteiger partial charge on any atom is 0.250 e. The molecule has 6 heteroatoms. The lowest BCUT2D eigenvalue weighted by Crippen LogP contribution is -2.24. The molecule has 3 N–H and O–H groups in total. The van der Waals surface area contributed by atoms with E-state index in [0.29, 0.717) is 0 Å². The molecule has 88 valence electrons. The second-order valence-electron chi connectivity index (χ2n) is 3.61. The van der Waals surface area contributed by atoms with Crippen molar-refractivity contribution >= 4 is 21.6 Å². The second kappa shape index (κ2) is 4.52. The number of amides is 1. The molecule has 1 aromatic carbocycles. The SMILES string of the molecule is CC(C)S(=O)(=O)Nc1ccccc1C(N)=O. The zero-order valence-corrected chi connectivity index (χ0v) is 9.91. The molecule has 1 rings (SSSR count). The van der Waals surface area contributed by atoms with Gasteiger partial charge in [-0.25, -0.2) is 8.42 Å². The molecular formula is C10H14N2O3S. The van der Waals surface area contributed by atoms with Crippen LogP contribution in [0.2, 0.25) is 0 Å². The van der Waals surface area contributed by atoms with Crippen molar-refractivity contribution in [2.45, 2.75) is 19.1 Å². The van der Waals surface area contributed by atoms with Crippen LogP contribution in [0, 0.1) is 0 Å². The van der Waals surface area contributed by atoms with Gasteiger partial charge >= 0.3 is 0 Å². The molecular weight excluding hydrogens is 228 g/mol. The zero-order valence-electron chi connectivity index (χ0n) is 9.10. The highest BCUT2D eigenvalue weighted by Crippen LogP contribution is 2.17. The summed E-state index contributed by atoms with van der Waals surface area (Å²) in [5.74, 6) is -0.665. The fourth-order valence-corrected chi connectivity index (χ4v) is 1.78. The molecule has 0 spiro atoms. The number of hydrogen-bond acceptors (Lipinski definition) is 3. The number of rotatable bonds is 4. The Kier molecular flexibility index (Phi) is 3.54. The molecule has 16 heavy (non-hydrogen) atoms. The van der Waals surface area contributed by atoms with Gasteiger partial charge in [0.2, 0.25) is 10.0 Å². The fraction of sp³-hybridized carbons (Fsp3) is 0.300. The Labute approximate surface area is 94.7 Å². The van der Waals surface area contributed by atoms with Crippen LogP contribution < -0.4 is 10.5 Å². The Bertz CT molecular complexity index is 495. The van der Waals surface area contributed by atoms with Gasteiger partial charge in [0.05, 0.1) is 16.5 Å². The second-order valence-corrected chi connectivity index (χ2v) is 5.84. The Balaban J connectivity index is 3.12. The van der Waals surface area contributed by atoms with Crippen LogP contribution in [-0.2, 0) is 10.0 Å². The number of carbonyl (C=O) groups excluding carboxylic acids is 1. The first-order chi connectivity index (χ1) is 7.34. The number of hydrogen-bond donors (Lipinski definition) is 2. The molecule has 0 unspecified atom stereocenters. The summed E-state index contributed by atoms with van der Waals surface area (Å²) >= 11 is 0. The maximum absolute atomic E-state index is 11.6. The van der Waals surface area contributed by atoms with Gasteiger partial charge in [-0.15, -0.1) is 0 Å². The Morgan fingerprint density at radius 3 is 2.38 bits per heavy atom. The predicted molar refractivity (Wildman–Crippen MR) is 62.6 cm³/mol. The van der Waals surface area contributed by atoms with Gasteiger partial charge < -0.3 is 5.73 Å². The van der Waals surface area contributed by atoms with E-state index < -0.39 is 21.2 Å². The molecule has 0 aliphatic rings. The van der Waals surface area contributed by atoms with E-state index in [9.17, 15) is 13.2 Å². The lowest BCUT2D eigenvalue weighted by molar-refractivity contribution is 0.100. The van der Waals surface area contributed by atoms with Gasteiger partial charge in [0.15, 0.2) is 0 Å². The summed E-state index contributed by atoms with van der Waals surface area (Å²) in [4.78, 5) is 11.1. The van der Waals surface area contributed by atoms with E-state index in [-0.39, 0.29) is 11.3 Å². The Morgan fingerprint density at radius 2 is 1.88 bits per heavy atom. The van der Waals surface area contributed by atoms with Crippen LogP contribution >= 0.6 is 0 Å². The summed E-state index contributed by atoms with van der Waals surface area (Å²) < 4.78 is 25.6. The van der Waals surface area contributed by atoms with Crippen molar-refractivity contribution in [1.29, 1.82) is 0 Å². The van der Waals surface area contributed by atoms with Gasteiger partial charge in [0, 0.05) is 0 Å². The summed E-state index contributed by atoms with van der Waals surface area (Å²) in [5, 5.41) is -0.576. The molecule has 0 saturated heterocycles. The van der Waals surface area contributed by atoms with Crippen LogP contribution in [0.1, 0.15) is 24.2 Å². The molecule has 0 heterocycles. The predicted octanol–water partition coefficient (Wildman–Crippen LogP) is 0.936. The number of nitrogens with two attached hydrogens (primary N) is 1. The van der Waals surface area contributed by atoms with Crippen molar-refractivity contribution in [3.05, 3.63) is 29.8 Å². The first-order valence-electron chi connectivity index (χ1n) is 4.75. The average Bonchev–Trinajstić information content (AvgIpc) is 2.17. The van der Waals surface area contributed by atoms with Crippen molar-refractivity contribution in [2.24, 2.45) is 5.73 Å². The maximum atomic E-state index is 11.6. The number of benzene rings is 1. The number of primary amides is 1. The van der Waals surface area contributed by atoms with Gasteiger partial charge in [0.1, 0.15) is 0 Å². The fourth-order valence-electron chi connectivity index (χ4n) is 1.06. The van der Waals surface area contributed by atoms with E-state index in [1.807, 2.05) is 0 Å². The Hall–Kier alpha value is -1.56. The molecule has 1 amide bonds. The summed E-state index contributed by atoms with van der Waals surface area (Å²) in [6, 6.07) is 6.22. The van der Waals surface area contributed by atoms with E-state index in [2.05, 4.69) is 4.72 Å². The van der Waals surface area contributed by atoms with Crippen molar-refractivity contribution in [1.82, 2.24) is 0 Å². The number of sulfonamides is 1. The van der Waals surface area contributed by atoms with E-state index in [0.717, 1.165) is 0 Å². The van der Waals surface area contributed by atoms with Crippen molar-refractivity contribution in [3.63, 3.8) is 0 Å². The van der Waals surface area contributed by atoms with Gasteiger partial charge in [-0.1, -0.05) is 12.1 Å². The van der Waals surface area contributed by atoms with Crippen LogP contribution in [0.5, 0.6) is 0 Å². The van der Waals surface area contributed by atoms with Crippen molar-refractivity contribution < 1.29 is 13.2 Å². The number of carbonyl (C=O) groups is 1. The van der Waals surface area contributed by atoms with Gasteiger partial charge in [0.25, 0.3) is 5.91 Å². The monoisotopic (exact) mass is 242 g/mol. The van der Waals surface area contributed by atoms with Crippen LogP contribution in [0.25, 0.3) is 0 Å². The third-order valence-electron chi connectivity index (χ3n) is 2.07. The van der Waals surface area contributed by atoms with E-state index in [1.54, 1.807) is 26.0 Å². The van der Waals surface area contributed by atoms with Crippen LogP contribution in [-0.4, -0.2) is 19.6 Å². The molecule has 0 saturated carbocycles. The topological polar surface area (TPSA) is 89.3 Å². The highest BCUT2D eigenvalue weighted by Gasteiger charge is 2.18. The molecule has 1 aromatic rings. The summed E-state index contributed by atoms with van der Waals surface area (Å²) in [6.07, 6.45) is 0. The number of anilines is 1. The van der Waals surface area contributed by atoms with Crippen molar-refractivity contribution in [3.8, 4) is 0 Å². The molecule has 0 aliphatic carbocycles. The smallest absolute Gasteiger partial charge is 0.250 e. The summed E-state index contributed by atoms with van der Waals surface area (Å²) in [5.41, 5.74) is 5.51. The largest absolute Gasteiger partial charge is 0.366 e. The first kappa shape index (κ1) is 12.5. The normalized spacial score (nSPS) is 11.4. The highest BCUT2D eigenvalue weighted by molar-refractivity contribution is 7.93. The summed E-state index contributed by atoms with van der Waals surface area (Å²) in [7, 11) is -3.47. The van der Waals surface area contributed by atoms with Gasteiger partial charge in [-0.05, 0) is 26.0 Å². The molecule has 5 nitrogen and oxygen atoms in total. The van der Waals surface area contributed by atoms with Gasteiger partial charge in [-0.2, -0.15) is 0 Å². The molecule has 0 aromatic heterocycles. The highest BCUT2D eigenvalue weighted by atomic mass is 32.2. The van der Waals surface area contributed by atoms with E-state index >= 15 is 0 Å². The van der Waals surface area contributed by atoms with Crippen LogP contribution in [0.4, 0.5) is 5.69 Å². The van der Waals surface area contributed by atoms with Crippen molar-refractivity contribution in [2.75, 3.05) is 4.72 Å². The first-order valence-corrected chi connectivity index (χ1v) is 6.29. The number of nitrogens with one attached hydrogen (secondary N) is 1. The lowest BCUT2D eigenvalue weighted by atomic mass is 10.2. The minimum absolute atomic E-state index is 0.159. The Morgan fingerprint density at radius 1 is 1.31 bits per heavy atom. The molecule has 0 radical (unpaired) electrons. The third-order valence-corrected chi connectivity index (χ3v) is 3.81. The van der Waals surface area contributed by atoms with E-state index in [1.165, 1.54) is 12.1 Å². The third kappa shape index (κ3) is 2.73. The van der Waals surface area contributed by atoms with Crippen LogP contribution in [0.3, 0.4) is 0 Å². The zero-order chi connectivity index (χ0) is 12.3. The molecule has 0 aliphatic heterocycles. The van der Waals surface area contributed by atoms with Crippen LogP contribution in [0.15, 0.2) is 24.3 Å². The lowest BCUT2D eigenvalue weighted by Gasteiger charge is -2.12. The molecule has 0 bridgehead atoms. The minimum Gasteiger partial charge on any atom is -0.366 e. The van der Waals surface area contributed by atoms with Gasteiger partial charge in [-0.3, -0.25) is 9.52 Å². The van der Waals surface area contributed by atoms with E-state index in [4.69, 9.17) is 5.73 Å². The minimum atomic E-state index is -3.47. The quantitative estimate of drug-likeness (QED) is 0.823. The molecule has 0 fully saturated rings. The standard InChI is InChI=1S/C10H14N2O3S/c1-7(2)16(14,15)12-9-6-4-3-5-8(9)10(11)13/h3-7,12H,1-2H3,(H2,11,13).